The molecule has 4 aromatic rings. The van der Waals surface area contributed by atoms with Gasteiger partial charge in [0.05, 0.1) is 11.4 Å². The summed E-state index contributed by atoms with van der Waals surface area (Å²) >= 11 is 0. The molecular formula is C28H28F2N4O2. The molecule has 0 aliphatic carbocycles. The lowest BCUT2D eigenvalue weighted by Gasteiger charge is -2.28. The Labute approximate surface area is 209 Å². The molecule has 0 amide bonds. The summed E-state index contributed by atoms with van der Waals surface area (Å²) < 4.78 is 27.8. The monoisotopic (exact) mass is 490 g/mol. The summed E-state index contributed by atoms with van der Waals surface area (Å²) in [6.45, 7) is 2.66. The summed E-state index contributed by atoms with van der Waals surface area (Å²) in [5.74, 6) is -0.784. The third kappa shape index (κ3) is 7.31. The van der Waals surface area contributed by atoms with Crippen LogP contribution in [0.25, 0.3) is 0 Å². The maximum absolute atomic E-state index is 13.9. The fourth-order valence-corrected chi connectivity index (χ4v) is 4.00. The maximum Gasteiger partial charge on any atom is 0.123 e. The predicted molar refractivity (Wildman–Crippen MR) is 133 cm³/mol. The lowest BCUT2D eigenvalue weighted by atomic mass is 10.1. The number of hydrogen-bond donors (Lipinski definition) is 2. The Hall–Kier alpha value is -3.88. The van der Waals surface area contributed by atoms with Gasteiger partial charge < -0.3 is 10.2 Å². The Morgan fingerprint density at radius 1 is 0.583 bits per heavy atom. The highest BCUT2D eigenvalue weighted by Crippen LogP contribution is 2.23. The van der Waals surface area contributed by atoms with E-state index < -0.39 is 11.6 Å². The summed E-state index contributed by atoms with van der Waals surface area (Å²) in [5, 5.41) is 20.6. The standard InChI is InChI=1S/C28H28F2N4O2/c29-23-7-9-27(35)21(15-23)17-33(19-25-5-1-3-11-31-25)13-14-34(20-26-6-2-4-12-32-26)18-22-16-24(30)8-10-28(22)36/h1-12,15-16,35-36H,13-14,17-20H2. The van der Waals surface area contributed by atoms with E-state index in [1.54, 1.807) is 12.4 Å². The van der Waals surface area contributed by atoms with Crippen molar-refractivity contribution in [2.24, 2.45) is 0 Å². The Bertz CT molecular complexity index is 1160. The van der Waals surface area contributed by atoms with Gasteiger partial charge in [-0.2, -0.15) is 0 Å². The van der Waals surface area contributed by atoms with Crippen molar-refractivity contribution in [3.63, 3.8) is 0 Å². The zero-order valence-electron chi connectivity index (χ0n) is 19.8. The minimum absolute atomic E-state index is 0.0254. The fourth-order valence-electron chi connectivity index (χ4n) is 4.00. The van der Waals surface area contributed by atoms with Gasteiger partial charge in [-0.3, -0.25) is 19.8 Å². The number of aromatic hydroxyl groups is 2. The van der Waals surface area contributed by atoms with Crippen LogP contribution in [0, 0.1) is 11.6 Å². The van der Waals surface area contributed by atoms with Gasteiger partial charge in [-0.05, 0) is 60.7 Å². The average Bonchev–Trinajstić information content (AvgIpc) is 2.88. The van der Waals surface area contributed by atoms with Crippen LogP contribution in [-0.4, -0.2) is 43.1 Å². The van der Waals surface area contributed by atoms with E-state index >= 15 is 0 Å². The van der Waals surface area contributed by atoms with Crippen LogP contribution < -0.4 is 0 Å². The number of phenolic OH excluding ortho intramolecular Hbond substituents is 2. The molecule has 2 aromatic carbocycles. The van der Waals surface area contributed by atoms with E-state index in [2.05, 4.69) is 19.8 Å². The van der Waals surface area contributed by atoms with E-state index in [1.807, 2.05) is 36.4 Å². The molecule has 0 aliphatic heterocycles. The first-order valence-electron chi connectivity index (χ1n) is 11.7. The molecular weight excluding hydrogens is 462 g/mol. The lowest BCUT2D eigenvalue weighted by Crippen LogP contribution is -2.34. The smallest absolute Gasteiger partial charge is 0.123 e. The van der Waals surface area contributed by atoms with Crippen LogP contribution in [-0.2, 0) is 26.2 Å². The van der Waals surface area contributed by atoms with Crippen molar-refractivity contribution >= 4 is 0 Å². The number of hydrogen-bond acceptors (Lipinski definition) is 6. The van der Waals surface area contributed by atoms with Crippen molar-refractivity contribution in [2.75, 3.05) is 13.1 Å². The van der Waals surface area contributed by atoms with Crippen molar-refractivity contribution in [2.45, 2.75) is 26.2 Å². The van der Waals surface area contributed by atoms with Crippen LogP contribution in [0.4, 0.5) is 8.78 Å². The fraction of sp³-hybridized carbons (Fsp3) is 0.214. The number of phenols is 2. The van der Waals surface area contributed by atoms with E-state index in [1.165, 1.54) is 36.4 Å². The summed E-state index contributed by atoms with van der Waals surface area (Å²) in [5.41, 5.74) is 2.63. The molecule has 0 saturated carbocycles. The first-order chi connectivity index (χ1) is 17.5. The Morgan fingerprint density at radius 3 is 1.42 bits per heavy atom. The number of halogens is 2. The van der Waals surface area contributed by atoms with Gasteiger partial charge in [0.25, 0.3) is 0 Å². The zero-order chi connectivity index (χ0) is 25.3. The second kappa shape index (κ2) is 12.2. The van der Waals surface area contributed by atoms with Gasteiger partial charge in [-0.25, -0.2) is 8.78 Å². The third-order valence-corrected chi connectivity index (χ3v) is 5.83. The zero-order valence-corrected chi connectivity index (χ0v) is 19.8. The molecule has 2 aromatic heterocycles. The second-order valence-corrected chi connectivity index (χ2v) is 8.61. The van der Waals surface area contributed by atoms with Crippen LogP contribution >= 0.6 is 0 Å². The minimum atomic E-state index is -0.418. The van der Waals surface area contributed by atoms with Crippen molar-refractivity contribution in [3.8, 4) is 11.5 Å². The highest BCUT2D eigenvalue weighted by Gasteiger charge is 2.16. The SMILES string of the molecule is Oc1ccc(F)cc1CN(CCN(Cc1ccccn1)Cc1cc(F)ccc1O)Cc1ccccn1. The van der Waals surface area contributed by atoms with E-state index in [9.17, 15) is 19.0 Å². The molecule has 8 heteroatoms. The molecule has 0 spiro atoms. The first kappa shape index (κ1) is 25.2. The molecule has 0 fully saturated rings. The van der Waals surface area contributed by atoms with Crippen molar-refractivity contribution < 1.29 is 19.0 Å². The molecule has 0 atom stereocenters. The molecule has 4 rings (SSSR count). The molecule has 0 saturated heterocycles. The van der Waals surface area contributed by atoms with E-state index in [0.29, 0.717) is 50.4 Å². The summed E-state index contributed by atoms with van der Waals surface area (Å²) in [4.78, 5) is 12.9. The van der Waals surface area contributed by atoms with E-state index in [4.69, 9.17) is 0 Å². The van der Waals surface area contributed by atoms with Crippen LogP contribution in [0.2, 0.25) is 0 Å². The average molecular weight is 491 g/mol. The first-order valence-corrected chi connectivity index (χ1v) is 11.7. The van der Waals surface area contributed by atoms with Crippen LogP contribution in [0.1, 0.15) is 22.5 Å². The quantitative estimate of drug-likeness (QED) is 0.313. The number of benzene rings is 2. The summed E-state index contributed by atoms with van der Waals surface area (Å²) in [6.07, 6.45) is 3.43. The molecule has 186 valence electrons. The van der Waals surface area contributed by atoms with E-state index in [-0.39, 0.29) is 11.5 Å². The van der Waals surface area contributed by atoms with Gasteiger partial charge in [-0.1, -0.05) is 12.1 Å². The van der Waals surface area contributed by atoms with Crippen molar-refractivity contribution in [1.29, 1.82) is 0 Å². The predicted octanol–water partition coefficient (Wildman–Crippen LogP) is 4.87. The van der Waals surface area contributed by atoms with Crippen LogP contribution in [0.3, 0.4) is 0 Å². The minimum Gasteiger partial charge on any atom is -0.508 e. The largest absolute Gasteiger partial charge is 0.508 e. The normalized spacial score (nSPS) is 11.3. The van der Waals surface area contributed by atoms with E-state index in [0.717, 1.165) is 11.4 Å². The molecule has 6 nitrogen and oxygen atoms in total. The highest BCUT2D eigenvalue weighted by atomic mass is 19.1. The molecule has 2 N–H and O–H groups in total. The van der Waals surface area contributed by atoms with Gasteiger partial charge >= 0.3 is 0 Å². The van der Waals surface area contributed by atoms with Crippen LogP contribution in [0.5, 0.6) is 11.5 Å². The Kier molecular flexibility index (Phi) is 8.54. The Morgan fingerprint density at radius 2 is 1.03 bits per heavy atom. The van der Waals surface area contributed by atoms with Crippen molar-refractivity contribution in [1.82, 2.24) is 19.8 Å². The Balaban J connectivity index is 1.54. The molecule has 0 bridgehead atoms. The van der Waals surface area contributed by atoms with Gasteiger partial charge in [0.15, 0.2) is 0 Å². The molecule has 2 heterocycles. The van der Waals surface area contributed by atoms with Gasteiger partial charge in [0.2, 0.25) is 0 Å². The van der Waals surface area contributed by atoms with Gasteiger partial charge in [0.1, 0.15) is 23.1 Å². The second-order valence-electron chi connectivity index (χ2n) is 8.61. The number of rotatable bonds is 11. The summed E-state index contributed by atoms with van der Waals surface area (Å²) in [6, 6.07) is 19.1. The topological polar surface area (TPSA) is 72.7 Å². The molecule has 0 aliphatic rings. The number of nitrogens with zero attached hydrogens (tertiary/aromatic N) is 4. The van der Waals surface area contributed by atoms with Gasteiger partial charge in [-0.15, -0.1) is 0 Å². The lowest BCUT2D eigenvalue weighted by molar-refractivity contribution is 0.178. The summed E-state index contributed by atoms with van der Waals surface area (Å²) in [7, 11) is 0. The molecule has 36 heavy (non-hydrogen) atoms. The van der Waals surface area contributed by atoms with Crippen LogP contribution in [0.15, 0.2) is 85.2 Å². The maximum atomic E-state index is 13.9. The third-order valence-electron chi connectivity index (χ3n) is 5.83. The number of pyridine rings is 2. The van der Waals surface area contributed by atoms with Gasteiger partial charge in [0, 0.05) is 62.8 Å². The van der Waals surface area contributed by atoms with Crippen molar-refractivity contribution in [3.05, 3.63) is 119 Å². The number of aromatic nitrogens is 2. The highest BCUT2D eigenvalue weighted by molar-refractivity contribution is 5.33. The molecule has 0 radical (unpaired) electrons. The molecule has 0 unspecified atom stereocenters.